The average Bonchev–Trinajstić information content (AvgIpc) is 2.97. The van der Waals surface area contributed by atoms with Crippen molar-refractivity contribution in [2.24, 2.45) is 0 Å². The first-order valence-electron chi connectivity index (χ1n) is 6.34. The van der Waals surface area contributed by atoms with E-state index in [1.165, 1.54) is 12.3 Å². The largest absolute Gasteiger partial charge is 0.408 e. The van der Waals surface area contributed by atoms with Crippen LogP contribution in [0.2, 0.25) is 0 Å². The molecule has 1 atom stereocenters. The molecule has 0 radical (unpaired) electrons. The maximum Gasteiger partial charge on any atom is 0.408 e. The summed E-state index contributed by atoms with van der Waals surface area (Å²) in [5.74, 6) is -0.0686. The van der Waals surface area contributed by atoms with Crippen molar-refractivity contribution in [1.82, 2.24) is 14.9 Å². The number of nitrogens with one attached hydrogen (secondary N) is 2. The third kappa shape index (κ3) is 4.50. The first-order chi connectivity index (χ1) is 10.2. The summed E-state index contributed by atoms with van der Waals surface area (Å²) in [6, 6.07) is 2.18. The Hall–Kier alpha value is -2.52. The Bertz CT molecular complexity index is 649. The molecule has 0 saturated heterocycles. The van der Waals surface area contributed by atoms with Crippen LogP contribution in [-0.4, -0.2) is 33.1 Å². The Balaban J connectivity index is 1.91. The molecule has 2 aromatic rings. The van der Waals surface area contributed by atoms with Gasteiger partial charge in [-0.05, 0) is 13.8 Å². The summed E-state index contributed by atoms with van der Waals surface area (Å²) < 4.78 is 42.3. The van der Waals surface area contributed by atoms with E-state index in [1.54, 1.807) is 19.9 Å². The van der Waals surface area contributed by atoms with E-state index < -0.39 is 24.7 Å². The molecule has 10 heteroatoms. The van der Waals surface area contributed by atoms with Crippen molar-refractivity contribution in [3.05, 3.63) is 24.0 Å². The molecule has 0 saturated carbocycles. The average molecular weight is 317 g/mol. The molecule has 0 aliphatic rings. The zero-order valence-corrected chi connectivity index (χ0v) is 11.8. The molecule has 2 heterocycles. The fourth-order valence-electron chi connectivity index (χ4n) is 1.65. The smallest absolute Gasteiger partial charge is 0.357 e. The molecule has 0 unspecified atom stereocenters. The van der Waals surface area contributed by atoms with Crippen molar-refractivity contribution in [1.29, 1.82) is 0 Å². The monoisotopic (exact) mass is 317 g/mol. The van der Waals surface area contributed by atoms with Gasteiger partial charge in [0.1, 0.15) is 18.4 Å². The van der Waals surface area contributed by atoms with Crippen molar-refractivity contribution in [3.63, 3.8) is 0 Å². The molecule has 120 valence electrons. The lowest BCUT2D eigenvalue weighted by Gasteiger charge is -2.12. The van der Waals surface area contributed by atoms with E-state index in [0.29, 0.717) is 5.69 Å². The minimum Gasteiger partial charge on any atom is -0.357 e. The number of hydrogen-bond acceptors (Lipinski definition) is 5. The van der Waals surface area contributed by atoms with Gasteiger partial charge in [0.2, 0.25) is 11.8 Å². The van der Waals surface area contributed by atoms with Gasteiger partial charge in [-0.1, -0.05) is 5.16 Å². The number of carbonyl (C=O) groups is 1. The van der Waals surface area contributed by atoms with Crippen LogP contribution in [0.15, 0.2) is 22.9 Å². The molecule has 0 fully saturated rings. The molecule has 22 heavy (non-hydrogen) atoms. The summed E-state index contributed by atoms with van der Waals surface area (Å²) in [5, 5.41) is 12.5. The lowest BCUT2D eigenvalue weighted by molar-refractivity contribution is -0.142. The van der Waals surface area contributed by atoms with E-state index in [1.807, 2.05) is 0 Å². The van der Waals surface area contributed by atoms with E-state index in [2.05, 4.69) is 20.9 Å². The Morgan fingerprint density at radius 3 is 2.82 bits per heavy atom. The highest BCUT2D eigenvalue weighted by atomic mass is 19.4. The van der Waals surface area contributed by atoms with Gasteiger partial charge in [0.05, 0.1) is 5.69 Å². The van der Waals surface area contributed by atoms with Crippen molar-refractivity contribution in [2.45, 2.75) is 32.6 Å². The summed E-state index contributed by atoms with van der Waals surface area (Å²) in [5.41, 5.74) is 0.613. The van der Waals surface area contributed by atoms with Gasteiger partial charge in [0, 0.05) is 18.3 Å². The number of halogens is 3. The van der Waals surface area contributed by atoms with E-state index in [9.17, 15) is 18.0 Å². The second-order valence-corrected chi connectivity index (χ2v) is 4.70. The molecule has 0 spiro atoms. The normalized spacial score (nSPS) is 13.0. The first kappa shape index (κ1) is 15.9. The van der Waals surface area contributed by atoms with Gasteiger partial charge in [-0.3, -0.25) is 14.8 Å². The third-order valence-electron chi connectivity index (χ3n) is 2.61. The Kier molecular flexibility index (Phi) is 4.38. The second kappa shape index (κ2) is 6.08. The molecular formula is C12H14F3N5O2. The summed E-state index contributed by atoms with van der Waals surface area (Å²) >= 11 is 0. The Morgan fingerprint density at radius 2 is 2.23 bits per heavy atom. The summed E-state index contributed by atoms with van der Waals surface area (Å²) in [6.45, 7) is 2.06. The van der Waals surface area contributed by atoms with Crippen LogP contribution in [0.25, 0.3) is 0 Å². The van der Waals surface area contributed by atoms with Crippen LogP contribution >= 0.6 is 0 Å². The fourth-order valence-corrected chi connectivity index (χ4v) is 1.65. The Morgan fingerprint density at radius 1 is 1.50 bits per heavy atom. The fraction of sp³-hybridized carbons (Fsp3) is 0.417. The van der Waals surface area contributed by atoms with Gasteiger partial charge >= 0.3 is 6.18 Å². The Labute approximate surface area is 123 Å². The number of hydrogen-bond donors (Lipinski definition) is 2. The minimum atomic E-state index is -4.35. The van der Waals surface area contributed by atoms with Crippen LogP contribution in [0.3, 0.4) is 0 Å². The van der Waals surface area contributed by atoms with E-state index >= 15 is 0 Å². The van der Waals surface area contributed by atoms with E-state index in [0.717, 1.165) is 4.68 Å². The topological polar surface area (TPSA) is 85.0 Å². The van der Waals surface area contributed by atoms with Gasteiger partial charge in [0.25, 0.3) is 0 Å². The number of rotatable bonds is 5. The standard InChI is InChI=1S/C12H14F3N5O2/c1-7-5-10(22-19-7)17-11(21)8(2)16-9-3-4-20(18-9)6-12(13,14)15/h3-5,8H,6H2,1-2H3,(H,16,18)(H,17,21)/t8-/m1/s1. The molecule has 0 aliphatic heterocycles. The van der Waals surface area contributed by atoms with Crippen LogP contribution in [0, 0.1) is 6.92 Å². The van der Waals surface area contributed by atoms with Crippen LogP contribution in [0.1, 0.15) is 12.6 Å². The number of nitrogens with zero attached hydrogens (tertiary/aromatic N) is 3. The minimum absolute atomic E-state index is 0.167. The van der Waals surface area contributed by atoms with Crippen molar-refractivity contribution >= 4 is 17.6 Å². The molecule has 2 aromatic heterocycles. The quantitative estimate of drug-likeness (QED) is 0.883. The SMILES string of the molecule is Cc1cc(NC(=O)[C@@H](C)Nc2ccn(CC(F)(F)F)n2)on1. The summed E-state index contributed by atoms with van der Waals surface area (Å²) in [6.07, 6.45) is -3.17. The highest BCUT2D eigenvalue weighted by molar-refractivity contribution is 5.95. The van der Waals surface area contributed by atoms with Crippen molar-refractivity contribution in [3.8, 4) is 0 Å². The molecule has 0 aromatic carbocycles. The third-order valence-corrected chi connectivity index (χ3v) is 2.61. The van der Waals surface area contributed by atoms with Gasteiger partial charge in [-0.25, -0.2) is 0 Å². The van der Waals surface area contributed by atoms with Crippen LogP contribution in [0.4, 0.5) is 24.9 Å². The summed E-state index contributed by atoms with van der Waals surface area (Å²) in [7, 11) is 0. The van der Waals surface area contributed by atoms with Gasteiger partial charge in [-0.2, -0.15) is 18.3 Å². The molecule has 7 nitrogen and oxygen atoms in total. The number of carbonyl (C=O) groups excluding carboxylic acids is 1. The second-order valence-electron chi connectivity index (χ2n) is 4.70. The van der Waals surface area contributed by atoms with Crippen LogP contribution in [-0.2, 0) is 11.3 Å². The number of aromatic nitrogens is 3. The zero-order valence-electron chi connectivity index (χ0n) is 11.8. The van der Waals surface area contributed by atoms with Crippen molar-refractivity contribution in [2.75, 3.05) is 10.6 Å². The predicted octanol–water partition coefficient (Wildman–Crippen LogP) is 2.18. The highest BCUT2D eigenvalue weighted by Crippen LogP contribution is 2.18. The maximum absolute atomic E-state index is 12.2. The van der Waals surface area contributed by atoms with Gasteiger partial charge in [-0.15, -0.1) is 0 Å². The lowest BCUT2D eigenvalue weighted by atomic mass is 10.3. The number of amides is 1. The summed E-state index contributed by atoms with van der Waals surface area (Å²) in [4.78, 5) is 11.9. The van der Waals surface area contributed by atoms with Gasteiger partial charge in [0.15, 0.2) is 0 Å². The highest BCUT2D eigenvalue weighted by Gasteiger charge is 2.28. The maximum atomic E-state index is 12.2. The van der Waals surface area contributed by atoms with Crippen LogP contribution in [0.5, 0.6) is 0 Å². The predicted molar refractivity (Wildman–Crippen MR) is 71.2 cm³/mol. The molecule has 0 aliphatic carbocycles. The number of alkyl halides is 3. The molecule has 2 rings (SSSR count). The first-order valence-corrected chi connectivity index (χ1v) is 6.34. The van der Waals surface area contributed by atoms with E-state index in [-0.39, 0.29) is 11.7 Å². The van der Waals surface area contributed by atoms with Crippen molar-refractivity contribution < 1.29 is 22.5 Å². The molecular weight excluding hydrogens is 303 g/mol. The lowest BCUT2D eigenvalue weighted by Crippen LogP contribution is -2.32. The zero-order chi connectivity index (χ0) is 16.3. The van der Waals surface area contributed by atoms with Gasteiger partial charge < -0.3 is 9.84 Å². The number of anilines is 2. The van der Waals surface area contributed by atoms with E-state index in [4.69, 9.17) is 4.52 Å². The van der Waals surface area contributed by atoms with Crippen LogP contribution < -0.4 is 10.6 Å². The molecule has 2 N–H and O–H groups in total. The molecule has 1 amide bonds. The molecule has 0 bridgehead atoms. The number of aryl methyl sites for hydroxylation is 1.